The minimum absolute atomic E-state index is 0.0721. The maximum absolute atomic E-state index is 11.6. The van der Waals surface area contributed by atoms with E-state index < -0.39 is 0 Å². The Morgan fingerprint density at radius 1 is 1.57 bits per heavy atom. The first kappa shape index (κ1) is 9.52. The lowest BCUT2D eigenvalue weighted by molar-refractivity contribution is -0.117. The lowest BCUT2D eigenvalue weighted by atomic mass is 10.0. The molecule has 14 heavy (non-hydrogen) atoms. The van der Waals surface area contributed by atoms with Crippen LogP contribution in [-0.2, 0) is 4.79 Å². The van der Waals surface area contributed by atoms with Crippen LogP contribution in [0, 0.1) is 5.92 Å². The molecule has 0 saturated heterocycles. The molecule has 0 radical (unpaired) electrons. The molecule has 0 spiro atoms. The van der Waals surface area contributed by atoms with Crippen LogP contribution in [0.1, 0.15) is 20.3 Å². The number of thiophene rings is 1. The van der Waals surface area contributed by atoms with Gasteiger partial charge >= 0.3 is 0 Å². The molecule has 1 aromatic heterocycles. The summed E-state index contributed by atoms with van der Waals surface area (Å²) in [6.07, 6.45) is 0.876. The van der Waals surface area contributed by atoms with Gasteiger partial charge in [0.15, 0.2) is 0 Å². The highest BCUT2D eigenvalue weighted by Gasteiger charge is 2.26. The highest BCUT2D eigenvalue weighted by atomic mass is 32.1. The van der Waals surface area contributed by atoms with Crippen LogP contribution in [0.3, 0.4) is 0 Å². The van der Waals surface area contributed by atoms with E-state index in [1.807, 2.05) is 11.4 Å². The van der Waals surface area contributed by atoms with E-state index in [1.54, 1.807) is 11.3 Å². The van der Waals surface area contributed by atoms with E-state index in [0.717, 1.165) is 17.1 Å². The largest absolute Gasteiger partial charge is 0.371 e. The Hall–Kier alpha value is -1.03. The maximum atomic E-state index is 11.6. The number of hydrogen-bond acceptors (Lipinski definition) is 3. The molecule has 2 N–H and O–H groups in total. The van der Waals surface area contributed by atoms with Crippen molar-refractivity contribution < 1.29 is 4.79 Å². The van der Waals surface area contributed by atoms with E-state index in [0.29, 0.717) is 5.92 Å². The molecular formula is C10H14N2OS. The molecule has 0 aliphatic carbocycles. The molecule has 2 heterocycles. The van der Waals surface area contributed by atoms with Crippen molar-refractivity contribution in [3.05, 3.63) is 11.4 Å². The van der Waals surface area contributed by atoms with E-state index in [4.69, 9.17) is 0 Å². The molecule has 0 bridgehead atoms. The number of carbonyl (C=O) groups is 1. The highest BCUT2D eigenvalue weighted by molar-refractivity contribution is 7.15. The first-order valence-electron chi connectivity index (χ1n) is 4.81. The summed E-state index contributed by atoms with van der Waals surface area (Å²) in [6, 6.07) is 1.93. The summed E-state index contributed by atoms with van der Waals surface area (Å²) in [5.41, 5.74) is 1.06. The molecule has 1 aliphatic heterocycles. The van der Waals surface area contributed by atoms with Crippen LogP contribution in [0.2, 0.25) is 0 Å². The molecule has 3 nitrogen and oxygen atoms in total. The first-order chi connectivity index (χ1) is 6.66. The zero-order chi connectivity index (χ0) is 10.1. The Balaban J connectivity index is 2.13. The third-order valence-electron chi connectivity index (χ3n) is 2.26. The smallest absolute Gasteiger partial charge is 0.247 e. The summed E-state index contributed by atoms with van der Waals surface area (Å²) in [5, 5.41) is 9.09. The van der Waals surface area contributed by atoms with Gasteiger partial charge in [0, 0.05) is 0 Å². The van der Waals surface area contributed by atoms with E-state index in [1.165, 1.54) is 0 Å². The van der Waals surface area contributed by atoms with E-state index in [-0.39, 0.29) is 11.9 Å². The summed E-state index contributed by atoms with van der Waals surface area (Å²) < 4.78 is 0. The van der Waals surface area contributed by atoms with Crippen molar-refractivity contribution in [2.75, 3.05) is 10.6 Å². The Morgan fingerprint density at radius 2 is 2.36 bits per heavy atom. The average Bonchev–Trinajstić information content (AvgIpc) is 2.51. The van der Waals surface area contributed by atoms with Gasteiger partial charge in [-0.05, 0) is 23.8 Å². The van der Waals surface area contributed by atoms with Gasteiger partial charge in [-0.3, -0.25) is 4.79 Å². The molecule has 1 unspecified atom stereocenters. The number of nitrogens with one attached hydrogen (secondary N) is 2. The molecule has 1 atom stereocenters. The second-order valence-electron chi connectivity index (χ2n) is 3.98. The van der Waals surface area contributed by atoms with Crippen LogP contribution in [0.5, 0.6) is 0 Å². The van der Waals surface area contributed by atoms with Gasteiger partial charge in [0.05, 0.1) is 5.69 Å². The average molecular weight is 210 g/mol. The van der Waals surface area contributed by atoms with Crippen molar-refractivity contribution in [2.24, 2.45) is 5.92 Å². The van der Waals surface area contributed by atoms with Crippen LogP contribution in [0.25, 0.3) is 0 Å². The zero-order valence-electron chi connectivity index (χ0n) is 8.33. The lowest BCUT2D eigenvalue weighted by Gasteiger charge is -2.25. The summed E-state index contributed by atoms with van der Waals surface area (Å²) in [7, 11) is 0. The van der Waals surface area contributed by atoms with Crippen molar-refractivity contribution in [1.82, 2.24) is 0 Å². The summed E-state index contributed by atoms with van der Waals surface area (Å²) >= 11 is 1.56. The normalized spacial score (nSPS) is 20.2. The fraction of sp³-hybridized carbons (Fsp3) is 0.500. The number of hydrogen-bond donors (Lipinski definition) is 2. The topological polar surface area (TPSA) is 41.1 Å². The monoisotopic (exact) mass is 210 g/mol. The van der Waals surface area contributed by atoms with Crippen molar-refractivity contribution in [2.45, 2.75) is 26.3 Å². The standard InChI is InChI=1S/C10H14N2OS/c1-6(2)5-8-9(13)12-10-7(11-8)3-4-14-10/h3-4,6,8,11H,5H2,1-2H3,(H,12,13). The maximum Gasteiger partial charge on any atom is 0.247 e. The van der Waals surface area contributed by atoms with Crippen molar-refractivity contribution in [3.63, 3.8) is 0 Å². The van der Waals surface area contributed by atoms with Crippen molar-refractivity contribution >= 4 is 27.9 Å². The van der Waals surface area contributed by atoms with E-state index >= 15 is 0 Å². The predicted octanol–water partition coefficient (Wildman–Crippen LogP) is 2.53. The highest BCUT2D eigenvalue weighted by Crippen LogP contribution is 2.33. The number of amides is 1. The van der Waals surface area contributed by atoms with Crippen molar-refractivity contribution in [1.29, 1.82) is 0 Å². The second kappa shape index (κ2) is 3.61. The van der Waals surface area contributed by atoms with Gasteiger partial charge in [-0.15, -0.1) is 11.3 Å². The predicted molar refractivity (Wildman–Crippen MR) is 59.8 cm³/mol. The van der Waals surface area contributed by atoms with Gasteiger partial charge in [-0.1, -0.05) is 13.8 Å². The third kappa shape index (κ3) is 1.75. The Kier molecular flexibility index (Phi) is 2.46. The molecule has 0 fully saturated rings. The van der Waals surface area contributed by atoms with E-state index in [9.17, 15) is 4.79 Å². The molecule has 1 amide bonds. The Bertz CT molecular complexity index is 346. The molecule has 1 aromatic rings. The molecule has 1 aliphatic rings. The third-order valence-corrected chi connectivity index (χ3v) is 3.09. The second-order valence-corrected chi connectivity index (χ2v) is 4.90. The molecule has 76 valence electrons. The quantitative estimate of drug-likeness (QED) is 0.787. The number of carbonyl (C=O) groups excluding carboxylic acids is 1. The minimum Gasteiger partial charge on any atom is -0.371 e. The molecular weight excluding hydrogens is 196 g/mol. The molecule has 2 rings (SSSR count). The van der Waals surface area contributed by atoms with Gasteiger partial charge < -0.3 is 10.6 Å². The van der Waals surface area contributed by atoms with Crippen LogP contribution >= 0.6 is 11.3 Å². The fourth-order valence-electron chi connectivity index (χ4n) is 1.61. The van der Waals surface area contributed by atoms with Crippen LogP contribution in [0.4, 0.5) is 10.7 Å². The zero-order valence-corrected chi connectivity index (χ0v) is 9.15. The van der Waals surface area contributed by atoms with Gasteiger partial charge in [0.25, 0.3) is 0 Å². The van der Waals surface area contributed by atoms with E-state index in [2.05, 4.69) is 24.5 Å². The minimum atomic E-state index is -0.0721. The summed E-state index contributed by atoms with van der Waals surface area (Å²) in [6.45, 7) is 4.25. The summed E-state index contributed by atoms with van der Waals surface area (Å²) in [5.74, 6) is 0.618. The van der Waals surface area contributed by atoms with Crippen molar-refractivity contribution in [3.8, 4) is 0 Å². The first-order valence-corrected chi connectivity index (χ1v) is 5.69. The summed E-state index contributed by atoms with van der Waals surface area (Å²) in [4.78, 5) is 11.6. The van der Waals surface area contributed by atoms with Crippen LogP contribution in [0.15, 0.2) is 11.4 Å². The molecule has 0 saturated carbocycles. The van der Waals surface area contributed by atoms with Gasteiger partial charge in [-0.25, -0.2) is 0 Å². The number of anilines is 2. The number of rotatable bonds is 2. The fourth-order valence-corrected chi connectivity index (χ4v) is 2.36. The van der Waals surface area contributed by atoms with Gasteiger partial charge in [-0.2, -0.15) is 0 Å². The molecule has 0 aromatic carbocycles. The van der Waals surface area contributed by atoms with Crippen LogP contribution < -0.4 is 10.6 Å². The van der Waals surface area contributed by atoms with Gasteiger partial charge in [0.2, 0.25) is 5.91 Å². The van der Waals surface area contributed by atoms with Gasteiger partial charge in [0.1, 0.15) is 11.0 Å². The Morgan fingerprint density at radius 3 is 3.07 bits per heavy atom. The molecule has 4 heteroatoms. The lowest BCUT2D eigenvalue weighted by Crippen LogP contribution is -2.39. The Labute approximate surface area is 87.5 Å². The number of fused-ring (bicyclic) bond motifs is 1. The van der Waals surface area contributed by atoms with Crippen LogP contribution in [-0.4, -0.2) is 11.9 Å². The SMILES string of the molecule is CC(C)CC1Nc2ccsc2NC1=O.